The standard InChI is InChI=1S/C15H21N3O3/c19-14(17-7-3-1-6-13(17)15(20)21)9-11-10-16-18-8-4-2-5-12(11)18/h10,13H,1-9H2,(H,20,21)/t13-/m1/s1. The van der Waals surface area contributed by atoms with Crippen LogP contribution in [-0.2, 0) is 29.0 Å². The number of hydrogen-bond donors (Lipinski definition) is 1. The molecule has 1 aromatic heterocycles. The topological polar surface area (TPSA) is 75.4 Å². The Hall–Kier alpha value is -1.85. The second kappa shape index (κ2) is 5.87. The van der Waals surface area contributed by atoms with Crippen LogP contribution >= 0.6 is 0 Å². The highest BCUT2D eigenvalue weighted by Crippen LogP contribution is 2.22. The molecule has 0 aliphatic carbocycles. The fraction of sp³-hybridized carbons (Fsp3) is 0.667. The maximum Gasteiger partial charge on any atom is 0.326 e. The number of likely N-dealkylation sites (tertiary alicyclic amines) is 1. The van der Waals surface area contributed by atoms with E-state index in [1.54, 1.807) is 11.1 Å². The van der Waals surface area contributed by atoms with Gasteiger partial charge in [0.25, 0.3) is 0 Å². The number of carboxylic acids is 1. The van der Waals surface area contributed by atoms with Crippen LogP contribution in [0.4, 0.5) is 0 Å². The van der Waals surface area contributed by atoms with Crippen molar-refractivity contribution in [2.75, 3.05) is 6.54 Å². The summed E-state index contributed by atoms with van der Waals surface area (Å²) in [7, 11) is 0. The van der Waals surface area contributed by atoms with Gasteiger partial charge >= 0.3 is 5.97 Å². The van der Waals surface area contributed by atoms with Crippen molar-refractivity contribution >= 4 is 11.9 Å². The van der Waals surface area contributed by atoms with Gasteiger partial charge in [-0.15, -0.1) is 0 Å². The SMILES string of the molecule is O=C(O)[C@H]1CCCCN1C(=O)Cc1cnn2c1CCCC2. The second-order valence-corrected chi connectivity index (χ2v) is 5.91. The van der Waals surface area contributed by atoms with Crippen LogP contribution in [0.25, 0.3) is 0 Å². The second-order valence-electron chi connectivity index (χ2n) is 5.91. The molecule has 6 nitrogen and oxygen atoms in total. The van der Waals surface area contributed by atoms with E-state index >= 15 is 0 Å². The fourth-order valence-corrected chi connectivity index (χ4v) is 3.38. The summed E-state index contributed by atoms with van der Waals surface area (Å²) in [5.41, 5.74) is 2.12. The Kier molecular flexibility index (Phi) is 3.94. The quantitative estimate of drug-likeness (QED) is 0.908. The number of carboxylic acid groups (broad SMARTS) is 1. The van der Waals surface area contributed by atoms with E-state index in [-0.39, 0.29) is 12.3 Å². The molecule has 114 valence electrons. The number of carbonyl (C=O) groups excluding carboxylic acids is 1. The first-order chi connectivity index (χ1) is 10.2. The lowest BCUT2D eigenvalue weighted by Gasteiger charge is -2.33. The maximum atomic E-state index is 12.5. The molecular weight excluding hydrogens is 270 g/mol. The molecule has 1 saturated heterocycles. The van der Waals surface area contributed by atoms with Gasteiger partial charge in [0.05, 0.1) is 12.6 Å². The van der Waals surface area contributed by atoms with Crippen molar-refractivity contribution in [3.8, 4) is 0 Å². The van der Waals surface area contributed by atoms with E-state index in [2.05, 4.69) is 5.10 Å². The van der Waals surface area contributed by atoms with E-state index in [0.29, 0.717) is 13.0 Å². The highest BCUT2D eigenvalue weighted by molar-refractivity contribution is 5.85. The van der Waals surface area contributed by atoms with Gasteiger partial charge in [0.2, 0.25) is 5.91 Å². The normalized spacial score (nSPS) is 21.9. The molecule has 1 N–H and O–H groups in total. The molecule has 0 saturated carbocycles. The molecule has 2 aliphatic rings. The largest absolute Gasteiger partial charge is 0.480 e. The number of piperidine rings is 1. The van der Waals surface area contributed by atoms with Gasteiger partial charge in [-0.1, -0.05) is 0 Å². The van der Waals surface area contributed by atoms with Crippen molar-refractivity contribution in [2.45, 2.75) is 57.5 Å². The summed E-state index contributed by atoms with van der Waals surface area (Å²) in [6.07, 6.45) is 7.62. The first-order valence-corrected chi connectivity index (χ1v) is 7.72. The van der Waals surface area contributed by atoms with Crippen LogP contribution in [0.15, 0.2) is 6.20 Å². The first kappa shape index (κ1) is 14.1. The molecule has 1 atom stereocenters. The van der Waals surface area contributed by atoms with Crippen molar-refractivity contribution in [2.24, 2.45) is 0 Å². The third-order valence-electron chi connectivity index (χ3n) is 4.52. The summed E-state index contributed by atoms with van der Waals surface area (Å²) in [5, 5.41) is 13.6. The smallest absolute Gasteiger partial charge is 0.326 e. The molecule has 1 fully saturated rings. The first-order valence-electron chi connectivity index (χ1n) is 7.72. The van der Waals surface area contributed by atoms with Crippen LogP contribution in [0.2, 0.25) is 0 Å². The van der Waals surface area contributed by atoms with E-state index in [1.807, 2.05) is 4.68 Å². The molecule has 0 radical (unpaired) electrons. The minimum Gasteiger partial charge on any atom is -0.480 e. The Bertz CT molecular complexity index is 552. The van der Waals surface area contributed by atoms with E-state index < -0.39 is 12.0 Å². The van der Waals surface area contributed by atoms with Crippen LogP contribution in [0.5, 0.6) is 0 Å². The minimum absolute atomic E-state index is 0.0801. The zero-order chi connectivity index (χ0) is 14.8. The number of aryl methyl sites for hydroxylation is 1. The zero-order valence-electron chi connectivity index (χ0n) is 12.1. The summed E-state index contributed by atoms with van der Waals surface area (Å²) in [6, 6.07) is -0.655. The van der Waals surface area contributed by atoms with E-state index in [9.17, 15) is 14.7 Å². The van der Waals surface area contributed by atoms with Crippen LogP contribution in [0, 0.1) is 0 Å². The molecule has 0 unspecified atom stereocenters. The average Bonchev–Trinajstić information content (AvgIpc) is 2.90. The van der Waals surface area contributed by atoms with Crippen LogP contribution in [0.3, 0.4) is 0 Å². The van der Waals surface area contributed by atoms with Crippen LogP contribution in [0.1, 0.15) is 43.4 Å². The van der Waals surface area contributed by atoms with Gasteiger partial charge in [-0.25, -0.2) is 4.79 Å². The highest BCUT2D eigenvalue weighted by atomic mass is 16.4. The zero-order valence-corrected chi connectivity index (χ0v) is 12.1. The van der Waals surface area contributed by atoms with Gasteiger partial charge in [-0.3, -0.25) is 9.48 Å². The maximum absolute atomic E-state index is 12.5. The molecule has 1 amide bonds. The summed E-state index contributed by atoms with van der Waals surface area (Å²) in [6.45, 7) is 1.48. The van der Waals surface area contributed by atoms with E-state index in [0.717, 1.165) is 49.9 Å². The Labute approximate surface area is 123 Å². The molecule has 3 heterocycles. The van der Waals surface area contributed by atoms with Gasteiger partial charge < -0.3 is 10.0 Å². The minimum atomic E-state index is -0.889. The van der Waals surface area contributed by atoms with Gasteiger partial charge in [-0.2, -0.15) is 5.10 Å². The van der Waals surface area contributed by atoms with Crippen molar-refractivity contribution in [3.63, 3.8) is 0 Å². The fourth-order valence-electron chi connectivity index (χ4n) is 3.38. The molecule has 1 aromatic rings. The number of amides is 1. The van der Waals surface area contributed by atoms with Crippen molar-refractivity contribution < 1.29 is 14.7 Å². The summed E-state index contributed by atoms with van der Waals surface area (Å²) in [4.78, 5) is 25.3. The highest BCUT2D eigenvalue weighted by Gasteiger charge is 2.32. The summed E-state index contributed by atoms with van der Waals surface area (Å²) < 4.78 is 1.98. The Morgan fingerprint density at radius 3 is 2.86 bits per heavy atom. The predicted molar refractivity (Wildman–Crippen MR) is 75.9 cm³/mol. The van der Waals surface area contributed by atoms with Crippen molar-refractivity contribution in [3.05, 3.63) is 17.5 Å². The third kappa shape index (κ3) is 2.80. The predicted octanol–water partition coefficient (Wildman–Crippen LogP) is 1.23. The number of aromatic nitrogens is 2. The summed E-state index contributed by atoms with van der Waals surface area (Å²) in [5.74, 6) is -0.969. The Balaban J connectivity index is 1.73. The molecule has 0 bridgehead atoms. The average molecular weight is 291 g/mol. The van der Waals surface area contributed by atoms with Gasteiger partial charge in [-0.05, 0) is 38.5 Å². The Morgan fingerprint density at radius 1 is 1.24 bits per heavy atom. The number of nitrogens with zero attached hydrogens (tertiary/aromatic N) is 3. The van der Waals surface area contributed by atoms with Crippen molar-refractivity contribution in [1.82, 2.24) is 14.7 Å². The lowest BCUT2D eigenvalue weighted by molar-refractivity contribution is -0.151. The third-order valence-corrected chi connectivity index (χ3v) is 4.52. The lowest BCUT2D eigenvalue weighted by Crippen LogP contribution is -2.48. The number of fused-ring (bicyclic) bond motifs is 1. The molecule has 3 rings (SSSR count). The van der Waals surface area contributed by atoms with E-state index in [1.165, 1.54) is 0 Å². The molecule has 0 spiro atoms. The van der Waals surface area contributed by atoms with Crippen LogP contribution < -0.4 is 0 Å². The van der Waals surface area contributed by atoms with Crippen LogP contribution in [-0.4, -0.2) is 44.3 Å². The number of rotatable bonds is 3. The van der Waals surface area contributed by atoms with Crippen molar-refractivity contribution in [1.29, 1.82) is 0 Å². The molecule has 0 aromatic carbocycles. The number of hydrogen-bond acceptors (Lipinski definition) is 3. The Morgan fingerprint density at radius 2 is 2.05 bits per heavy atom. The van der Waals surface area contributed by atoms with E-state index in [4.69, 9.17) is 0 Å². The summed E-state index contributed by atoms with van der Waals surface area (Å²) >= 11 is 0. The number of carbonyl (C=O) groups is 2. The van der Waals surface area contributed by atoms with Gasteiger partial charge in [0.1, 0.15) is 6.04 Å². The van der Waals surface area contributed by atoms with Gasteiger partial charge in [0.15, 0.2) is 0 Å². The lowest BCUT2D eigenvalue weighted by atomic mass is 10.00. The molecular formula is C15H21N3O3. The van der Waals surface area contributed by atoms with Gasteiger partial charge in [0, 0.05) is 24.3 Å². The monoisotopic (exact) mass is 291 g/mol. The molecule has 2 aliphatic heterocycles. The molecule has 6 heteroatoms. The molecule has 21 heavy (non-hydrogen) atoms. The number of aliphatic carboxylic acids is 1.